The number of benzene rings is 1. The van der Waals surface area contributed by atoms with Gasteiger partial charge in [0.25, 0.3) is 11.8 Å². The molecule has 0 aliphatic carbocycles. The Morgan fingerprint density at radius 2 is 1.58 bits per heavy atom. The van der Waals surface area contributed by atoms with E-state index in [2.05, 4.69) is 48.3 Å². The molecule has 3 aromatic rings. The minimum atomic E-state index is -0.908. The van der Waals surface area contributed by atoms with Crippen LogP contribution in [0.4, 0.5) is 0 Å². The van der Waals surface area contributed by atoms with Gasteiger partial charge in [-0.3, -0.25) is 14.7 Å². The molecule has 2 heterocycles. The van der Waals surface area contributed by atoms with Crippen LogP contribution in [-0.2, 0) is 15.7 Å². The Kier molecular flexibility index (Phi) is 13.4. The van der Waals surface area contributed by atoms with Crippen LogP contribution in [0.25, 0.3) is 5.65 Å². The number of fused-ring (bicyclic) bond motifs is 1. The fraction of sp³-hybridized carbons (Fsp3) is 0.647. The maximum absolute atomic E-state index is 13.8. The Hall–Kier alpha value is -3.44. The van der Waals surface area contributed by atoms with Gasteiger partial charge in [0.05, 0.1) is 24.3 Å². The van der Waals surface area contributed by atoms with E-state index in [0.717, 1.165) is 31.4 Å². The number of carbonyl (C=O) groups excluding carboxylic acids is 2. The fourth-order valence-electron chi connectivity index (χ4n) is 5.36. The summed E-state index contributed by atoms with van der Waals surface area (Å²) in [5.74, 6) is 0.142. The van der Waals surface area contributed by atoms with E-state index >= 15 is 0 Å². The summed E-state index contributed by atoms with van der Waals surface area (Å²) >= 11 is 0. The highest BCUT2D eigenvalue weighted by atomic mass is 16.5. The number of unbranched alkanes of at least 4 members (excludes halogenated alkanes) is 7. The van der Waals surface area contributed by atoms with E-state index < -0.39 is 11.6 Å². The van der Waals surface area contributed by atoms with Gasteiger partial charge in [0, 0.05) is 30.3 Å². The van der Waals surface area contributed by atoms with Crippen molar-refractivity contribution in [3.63, 3.8) is 0 Å². The van der Waals surface area contributed by atoms with Crippen LogP contribution in [0.15, 0.2) is 30.3 Å². The summed E-state index contributed by atoms with van der Waals surface area (Å²) in [5, 5.41) is 34.2. The quantitative estimate of drug-likeness (QED) is 0.135. The third-order valence-electron chi connectivity index (χ3n) is 8.03. The average Bonchev–Trinajstić information content (AvgIpc) is 3.59. The molecule has 0 aliphatic heterocycles. The molecule has 1 aromatic carbocycles. The molecule has 45 heavy (non-hydrogen) atoms. The number of nitrogens with zero attached hydrogens (tertiary/aromatic N) is 4. The second-order valence-corrected chi connectivity index (χ2v) is 13.4. The van der Waals surface area contributed by atoms with Crippen LogP contribution in [-0.4, -0.2) is 79.1 Å². The molecule has 11 nitrogen and oxygen atoms in total. The first-order valence-electron chi connectivity index (χ1n) is 16.5. The molecule has 2 aromatic heterocycles. The van der Waals surface area contributed by atoms with Crippen LogP contribution in [0.2, 0.25) is 0 Å². The van der Waals surface area contributed by atoms with Crippen molar-refractivity contribution < 1.29 is 24.5 Å². The minimum absolute atomic E-state index is 0.0928. The molecule has 1 unspecified atom stereocenters. The Labute approximate surface area is 267 Å². The number of aromatic nitrogens is 4. The van der Waals surface area contributed by atoms with Gasteiger partial charge in [-0.25, -0.2) is 4.52 Å². The molecule has 0 bridgehead atoms. The monoisotopic (exact) mass is 626 g/mol. The zero-order chi connectivity index (χ0) is 33.0. The van der Waals surface area contributed by atoms with Crippen molar-refractivity contribution in [2.24, 2.45) is 0 Å². The van der Waals surface area contributed by atoms with Gasteiger partial charge in [-0.15, -0.1) is 10.2 Å². The Morgan fingerprint density at radius 3 is 2.20 bits per heavy atom. The summed E-state index contributed by atoms with van der Waals surface area (Å²) in [5.41, 5.74) is 0.929. The van der Waals surface area contributed by atoms with Crippen molar-refractivity contribution in [3.05, 3.63) is 47.4 Å². The van der Waals surface area contributed by atoms with Crippen molar-refractivity contribution in [3.8, 4) is 5.75 Å². The normalized spacial score (nSPS) is 12.8. The number of hydrogen-bond donors (Lipinski definition) is 4. The molecule has 1 atom stereocenters. The number of H-pyrrole nitrogens is 1. The Morgan fingerprint density at radius 1 is 0.956 bits per heavy atom. The van der Waals surface area contributed by atoms with E-state index in [-0.39, 0.29) is 54.8 Å². The Bertz CT molecular complexity index is 1350. The number of nitrogens with one attached hydrogen (secondary N) is 2. The molecular formula is C34H54N6O5. The summed E-state index contributed by atoms with van der Waals surface area (Å²) in [4.78, 5) is 28.8. The summed E-state index contributed by atoms with van der Waals surface area (Å²) < 4.78 is 8.11. The second-order valence-electron chi connectivity index (χ2n) is 13.4. The van der Waals surface area contributed by atoms with E-state index in [1.54, 1.807) is 28.8 Å². The zero-order valence-electron chi connectivity index (χ0n) is 28.1. The maximum Gasteiger partial charge on any atom is 0.263 e. The zero-order valence-corrected chi connectivity index (χ0v) is 28.1. The summed E-state index contributed by atoms with van der Waals surface area (Å²) in [6.45, 7) is 12.0. The number of para-hydroxylation sites is 1. The van der Waals surface area contributed by atoms with Gasteiger partial charge < -0.3 is 25.2 Å². The lowest BCUT2D eigenvalue weighted by molar-refractivity contribution is -0.140. The highest BCUT2D eigenvalue weighted by molar-refractivity contribution is 5.97. The number of hydrogen-bond acceptors (Lipinski definition) is 7. The molecule has 0 aliphatic rings. The van der Waals surface area contributed by atoms with Crippen LogP contribution >= 0.6 is 0 Å². The number of aliphatic hydroxyl groups is 2. The summed E-state index contributed by atoms with van der Waals surface area (Å²) in [7, 11) is 0. The molecule has 0 radical (unpaired) electrons. The largest absolute Gasteiger partial charge is 0.480 e. The lowest BCUT2D eigenvalue weighted by atomic mass is 9.93. The molecule has 0 fully saturated rings. The van der Waals surface area contributed by atoms with Gasteiger partial charge in [-0.05, 0) is 38.8 Å². The van der Waals surface area contributed by atoms with Gasteiger partial charge in [-0.1, -0.05) is 84.8 Å². The number of ether oxygens (including phenoxy) is 1. The molecule has 11 heteroatoms. The van der Waals surface area contributed by atoms with Crippen molar-refractivity contribution in [1.29, 1.82) is 0 Å². The maximum atomic E-state index is 13.8. The van der Waals surface area contributed by atoms with Gasteiger partial charge >= 0.3 is 0 Å². The average molecular weight is 627 g/mol. The first-order chi connectivity index (χ1) is 21.4. The predicted molar refractivity (Wildman–Crippen MR) is 175 cm³/mol. The first kappa shape index (κ1) is 36.0. The van der Waals surface area contributed by atoms with Crippen molar-refractivity contribution >= 4 is 17.5 Å². The standard InChI is InChI=1S/C34H54N6O5/c1-7-8-9-10-11-12-13-14-19-27(31(44)39(20-22-41)21-23-42)45-26-18-16-15-17-25(26)30(43)35-34(5,6)32-37-36-29-24-28(33(2,3)4)38-40(29)32/h15-18,24,27,38,41-42H,7-14,19-23H2,1-6H3,(H,35,43). The molecule has 3 rings (SSSR count). The molecular weight excluding hydrogens is 572 g/mol. The number of carbonyl (C=O) groups is 2. The van der Waals surface area contributed by atoms with E-state index in [1.165, 1.54) is 30.6 Å². The number of aliphatic hydroxyl groups excluding tert-OH is 2. The molecule has 0 saturated carbocycles. The number of amides is 2. The fourth-order valence-corrected chi connectivity index (χ4v) is 5.36. The van der Waals surface area contributed by atoms with Crippen molar-refractivity contribution in [2.75, 3.05) is 26.3 Å². The molecule has 0 spiro atoms. The van der Waals surface area contributed by atoms with Crippen LogP contribution < -0.4 is 10.1 Å². The highest BCUT2D eigenvalue weighted by Gasteiger charge is 2.32. The predicted octanol–water partition coefficient (Wildman–Crippen LogP) is 5.11. The van der Waals surface area contributed by atoms with Crippen molar-refractivity contribution in [2.45, 2.75) is 116 Å². The third-order valence-corrected chi connectivity index (χ3v) is 8.03. The van der Waals surface area contributed by atoms with E-state index in [0.29, 0.717) is 17.9 Å². The van der Waals surface area contributed by atoms with Gasteiger partial charge in [0.1, 0.15) is 5.75 Å². The molecule has 0 saturated heterocycles. The van der Waals surface area contributed by atoms with Crippen LogP contribution in [0.1, 0.15) is 121 Å². The second kappa shape index (κ2) is 16.7. The molecule has 2 amide bonds. The van der Waals surface area contributed by atoms with Crippen molar-refractivity contribution in [1.82, 2.24) is 30.0 Å². The number of aromatic amines is 1. The summed E-state index contributed by atoms with van der Waals surface area (Å²) in [6, 6.07) is 8.84. The lowest BCUT2D eigenvalue weighted by Gasteiger charge is -2.28. The van der Waals surface area contributed by atoms with E-state index in [9.17, 15) is 19.8 Å². The third kappa shape index (κ3) is 10.0. The van der Waals surface area contributed by atoms with E-state index in [4.69, 9.17) is 4.74 Å². The summed E-state index contributed by atoms with van der Waals surface area (Å²) in [6.07, 6.45) is 8.54. The molecule has 250 valence electrons. The molecule has 4 N–H and O–H groups in total. The van der Waals surface area contributed by atoms with Gasteiger partial charge in [-0.2, -0.15) is 0 Å². The van der Waals surface area contributed by atoms with Crippen LogP contribution in [0, 0.1) is 0 Å². The first-order valence-corrected chi connectivity index (χ1v) is 16.5. The lowest BCUT2D eigenvalue weighted by Crippen LogP contribution is -2.45. The smallest absolute Gasteiger partial charge is 0.263 e. The van der Waals surface area contributed by atoms with E-state index in [1.807, 2.05) is 19.9 Å². The topological polar surface area (TPSA) is 145 Å². The highest BCUT2D eigenvalue weighted by Crippen LogP contribution is 2.27. The number of rotatable bonds is 19. The van der Waals surface area contributed by atoms with Gasteiger partial charge in [0.15, 0.2) is 17.6 Å². The minimum Gasteiger partial charge on any atom is -0.480 e. The van der Waals surface area contributed by atoms with Crippen LogP contribution in [0.3, 0.4) is 0 Å². The SMILES string of the molecule is CCCCCCCCCCC(Oc1ccccc1C(=O)NC(C)(C)c1nnc2cc(C(C)(C)C)[nH]n12)C(=O)N(CCO)CCO. The Balaban J connectivity index is 1.78. The van der Waals surface area contributed by atoms with Crippen LogP contribution in [0.5, 0.6) is 5.75 Å². The van der Waals surface area contributed by atoms with Gasteiger partial charge in [0.2, 0.25) is 0 Å².